The Bertz CT molecular complexity index is 404. The fourth-order valence-corrected chi connectivity index (χ4v) is 1.67. The molecule has 0 aliphatic heterocycles. The van der Waals surface area contributed by atoms with Gasteiger partial charge in [0.2, 0.25) is 0 Å². The molecule has 0 radical (unpaired) electrons. The molecule has 0 aliphatic carbocycles. The number of ether oxygens (including phenoxy) is 1. The third-order valence-corrected chi connectivity index (χ3v) is 3.35. The molecule has 0 unspecified atom stereocenters. The highest BCUT2D eigenvalue weighted by atomic mass is 127. The fraction of sp³-hybridized carbons (Fsp3) is 0.364. The molecule has 0 heterocycles. The van der Waals surface area contributed by atoms with Crippen molar-refractivity contribution in [2.75, 3.05) is 6.61 Å². The van der Waals surface area contributed by atoms with Gasteiger partial charge in [-0.1, -0.05) is 25.4 Å². The van der Waals surface area contributed by atoms with Gasteiger partial charge < -0.3 is 9.84 Å². The van der Waals surface area contributed by atoms with E-state index in [9.17, 15) is 4.79 Å². The average molecular weight is 355 g/mol. The number of aromatic carboxylic acids is 1. The van der Waals surface area contributed by atoms with Crippen LogP contribution in [0, 0.1) is 9.49 Å². The number of carboxylic acid groups (broad SMARTS) is 1. The first-order valence-electron chi connectivity index (χ1n) is 4.77. The van der Waals surface area contributed by atoms with E-state index in [1.807, 2.05) is 36.4 Å². The lowest BCUT2D eigenvalue weighted by molar-refractivity contribution is 0.0691. The van der Waals surface area contributed by atoms with Crippen LogP contribution in [-0.4, -0.2) is 17.7 Å². The third-order valence-electron chi connectivity index (χ3n) is 1.83. The number of benzene rings is 1. The molecule has 1 rings (SSSR count). The Labute approximate surface area is 113 Å². The summed E-state index contributed by atoms with van der Waals surface area (Å²) in [6.07, 6.45) is 0. The molecule has 0 aliphatic rings. The number of carboxylic acids is 1. The van der Waals surface area contributed by atoms with E-state index in [-0.39, 0.29) is 5.56 Å². The van der Waals surface area contributed by atoms with Gasteiger partial charge >= 0.3 is 5.97 Å². The lowest BCUT2D eigenvalue weighted by Gasteiger charge is -2.12. The van der Waals surface area contributed by atoms with Crippen molar-refractivity contribution in [1.29, 1.82) is 0 Å². The molecular weight excluding hydrogens is 342 g/mol. The summed E-state index contributed by atoms with van der Waals surface area (Å²) >= 11 is 7.91. The maximum Gasteiger partial charge on any atom is 0.339 e. The molecule has 1 aromatic rings. The quantitative estimate of drug-likeness (QED) is 0.839. The van der Waals surface area contributed by atoms with Crippen LogP contribution in [-0.2, 0) is 0 Å². The Morgan fingerprint density at radius 2 is 2.19 bits per heavy atom. The second kappa shape index (κ2) is 5.72. The molecule has 16 heavy (non-hydrogen) atoms. The van der Waals surface area contributed by atoms with Gasteiger partial charge in [0.1, 0.15) is 11.3 Å². The van der Waals surface area contributed by atoms with E-state index in [1.165, 1.54) is 6.07 Å². The average Bonchev–Trinajstić information content (AvgIpc) is 2.18. The second-order valence-electron chi connectivity index (χ2n) is 3.77. The monoisotopic (exact) mass is 354 g/mol. The molecule has 5 heteroatoms. The number of hydrogen-bond donors (Lipinski definition) is 1. The minimum absolute atomic E-state index is 0.103. The van der Waals surface area contributed by atoms with Gasteiger partial charge in [0, 0.05) is 3.57 Å². The number of hydrogen-bond acceptors (Lipinski definition) is 2. The van der Waals surface area contributed by atoms with Crippen LogP contribution in [0.5, 0.6) is 5.75 Å². The zero-order chi connectivity index (χ0) is 12.3. The van der Waals surface area contributed by atoms with Crippen molar-refractivity contribution < 1.29 is 14.6 Å². The standard InChI is InChI=1S/C11H12ClIO3/c1-6(2)5-16-10-4-9(13)8(12)3-7(10)11(14)15/h3-4,6H,5H2,1-2H3,(H,14,15). The van der Waals surface area contributed by atoms with E-state index in [0.29, 0.717) is 23.3 Å². The largest absolute Gasteiger partial charge is 0.492 e. The van der Waals surface area contributed by atoms with Crippen LogP contribution in [0.25, 0.3) is 0 Å². The molecule has 1 N–H and O–H groups in total. The maximum absolute atomic E-state index is 11.0. The smallest absolute Gasteiger partial charge is 0.339 e. The first-order valence-corrected chi connectivity index (χ1v) is 6.22. The first-order chi connectivity index (χ1) is 7.41. The summed E-state index contributed by atoms with van der Waals surface area (Å²) in [7, 11) is 0. The van der Waals surface area contributed by atoms with E-state index in [0.717, 1.165) is 3.57 Å². The van der Waals surface area contributed by atoms with Crippen molar-refractivity contribution in [2.24, 2.45) is 5.92 Å². The predicted octanol–water partition coefficient (Wildman–Crippen LogP) is 3.68. The van der Waals surface area contributed by atoms with Crippen LogP contribution in [0.4, 0.5) is 0 Å². The van der Waals surface area contributed by atoms with Gasteiger partial charge in [-0.2, -0.15) is 0 Å². The molecule has 0 fully saturated rings. The summed E-state index contributed by atoms with van der Waals surface area (Å²) in [6.45, 7) is 4.49. The van der Waals surface area contributed by atoms with Crippen molar-refractivity contribution >= 4 is 40.2 Å². The summed E-state index contributed by atoms with van der Waals surface area (Å²) in [5.41, 5.74) is 0.103. The maximum atomic E-state index is 11.0. The molecule has 0 bridgehead atoms. The Balaban J connectivity index is 3.05. The molecule has 0 saturated heterocycles. The first kappa shape index (κ1) is 13.6. The van der Waals surface area contributed by atoms with Gasteiger partial charge in [0.25, 0.3) is 0 Å². The normalized spacial score (nSPS) is 10.6. The van der Waals surface area contributed by atoms with Gasteiger partial charge in [-0.05, 0) is 40.6 Å². The SMILES string of the molecule is CC(C)COc1cc(I)c(Cl)cc1C(=O)O. The van der Waals surface area contributed by atoms with Gasteiger partial charge in [0.05, 0.1) is 11.6 Å². The van der Waals surface area contributed by atoms with Crippen LogP contribution < -0.4 is 4.74 Å². The molecule has 0 aromatic heterocycles. The van der Waals surface area contributed by atoms with Crippen molar-refractivity contribution in [3.63, 3.8) is 0 Å². The Morgan fingerprint density at radius 3 is 2.69 bits per heavy atom. The van der Waals surface area contributed by atoms with Gasteiger partial charge in [0.15, 0.2) is 0 Å². The number of carbonyl (C=O) groups is 1. The van der Waals surface area contributed by atoms with Crippen LogP contribution in [0.2, 0.25) is 5.02 Å². The van der Waals surface area contributed by atoms with E-state index < -0.39 is 5.97 Å². The van der Waals surface area contributed by atoms with Gasteiger partial charge in [-0.15, -0.1) is 0 Å². The summed E-state index contributed by atoms with van der Waals surface area (Å²) in [6, 6.07) is 3.07. The minimum Gasteiger partial charge on any atom is -0.492 e. The lowest BCUT2D eigenvalue weighted by Crippen LogP contribution is -2.09. The summed E-state index contributed by atoms with van der Waals surface area (Å²) in [4.78, 5) is 11.0. The Kier molecular flexibility index (Phi) is 4.86. The molecule has 0 spiro atoms. The van der Waals surface area contributed by atoms with Crippen LogP contribution in [0.1, 0.15) is 24.2 Å². The fourth-order valence-electron chi connectivity index (χ4n) is 1.07. The van der Waals surface area contributed by atoms with E-state index in [4.69, 9.17) is 21.4 Å². The number of halogens is 2. The van der Waals surface area contributed by atoms with Crippen LogP contribution in [0.15, 0.2) is 12.1 Å². The van der Waals surface area contributed by atoms with Gasteiger partial charge in [-0.3, -0.25) is 0 Å². The highest BCUT2D eigenvalue weighted by molar-refractivity contribution is 14.1. The zero-order valence-corrected chi connectivity index (χ0v) is 11.9. The lowest BCUT2D eigenvalue weighted by atomic mass is 10.2. The minimum atomic E-state index is -1.03. The van der Waals surface area contributed by atoms with Gasteiger partial charge in [-0.25, -0.2) is 4.79 Å². The van der Waals surface area contributed by atoms with E-state index in [2.05, 4.69) is 0 Å². The molecule has 1 aromatic carbocycles. The van der Waals surface area contributed by atoms with E-state index in [1.54, 1.807) is 6.07 Å². The molecule has 88 valence electrons. The van der Waals surface area contributed by atoms with Crippen molar-refractivity contribution in [1.82, 2.24) is 0 Å². The summed E-state index contributed by atoms with van der Waals surface area (Å²) in [5.74, 6) is -0.318. The third kappa shape index (κ3) is 3.52. The van der Waals surface area contributed by atoms with Crippen molar-refractivity contribution in [3.05, 3.63) is 26.3 Å². The molecule has 0 atom stereocenters. The molecular formula is C11H12ClIO3. The predicted molar refractivity (Wildman–Crippen MR) is 71.5 cm³/mol. The van der Waals surface area contributed by atoms with Crippen molar-refractivity contribution in [2.45, 2.75) is 13.8 Å². The summed E-state index contributed by atoms with van der Waals surface area (Å²) in [5, 5.41) is 9.43. The molecule has 0 saturated carbocycles. The Hall–Kier alpha value is -0.490. The molecule has 3 nitrogen and oxygen atoms in total. The zero-order valence-electron chi connectivity index (χ0n) is 8.96. The van der Waals surface area contributed by atoms with E-state index >= 15 is 0 Å². The van der Waals surface area contributed by atoms with Crippen LogP contribution in [0.3, 0.4) is 0 Å². The highest BCUT2D eigenvalue weighted by Gasteiger charge is 2.14. The molecule has 0 amide bonds. The van der Waals surface area contributed by atoms with Crippen molar-refractivity contribution in [3.8, 4) is 5.75 Å². The Morgan fingerprint density at radius 1 is 1.56 bits per heavy atom. The topological polar surface area (TPSA) is 46.5 Å². The summed E-state index contributed by atoms with van der Waals surface area (Å²) < 4.78 is 6.23. The second-order valence-corrected chi connectivity index (χ2v) is 5.34. The highest BCUT2D eigenvalue weighted by Crippen LogP contribution is 2.28. The number of rotatable bonds is 4. The van der Waals surface area contributed by atoms with Crippen LogP contribution >= 0.6 is 34.2 Å².